The van der Waals surface area contributed by atoms with Crippen LogP contribution in [0.5, 0.6) is 0 Å². The molecule has 1 aliphatic carbocycles. The first kappa shape index (κ1) is 11.4. The molecule has 1 aliphatic heterocycles. The minimum atomic E-state index is 0.358. The standard InChI is InChI=1S/C12H23NO2/c1-13-11-6-4-7-12(11)15-9-10-5-2-3-8-14-10/h10-13H,2-9H2,1H3. The predicted octanol–water partition coefficient (Wildman–Crippen LogP) is 1.71. The number of nitrogens with one attached hydrogen (secondary N) is 1. The van der Waals surface area contributed by atoms with E-state index in [0.29, 0.717) is 18.2 Å². The lowest BCUT2D eigenvalue weighted by Crippen LogP contribution is -2.37. The van der Waals surface area contributed by atoms with Gasteiger partial charge in [-0.1, -0.05) is 0 Å². The van der Waals surface area contributed by atoms with Crippen LogP contribution in [0.4, 0.5) is 0 Å². The normalized spacial score (nSPS) is 37.0. The van der Waals surface area contributed by atoms with Crippen LogP contribution in [0.1, 0.15) is 38.5 Å². The topological polar surface area (TPSA) is 30.5 Å². The first-order chi connectivity index (χ1) is 7.40. The van der Waals surface area contributed by atoms with Gasteiger partial charge >= 0.3 is 0 Å². The average Bonchev–Trinajstić information content (AvgIpc) is 2.75. The fraction of sp³-hybridized carbons (Fsp3) is 1.00. The van der Waals surface area contributed by atoms with Gasteiger partial charge in [-0.05, 0) is 45.6 Å². The molecule has 1 heterocycles. The molecule has 0 aromatic heterocycles. The van der Waals surface area contributed by atoms with Crippen molar-refractivity contribution in [1.82, 2.24) is 5.32 Å². The van der Waals surface area contributed by atoms with Gasteiger partial charge in [0.15, 0.2) is 0 Å². The maximum atomic E-state index is 5.96. The summed E-state index contributed by atoms with van der Waals surface area (Å²) in [5.41, 5.74) is 0. The van der Waals surface area contributed by atoms with Crippen LogP contribution in [0.15, 0.2) is 0 Å². The lowest BCUT2D eigenvalue weighted by Gasteiger charge is -2.26. The van der Waals surface area contributed by atoms with Gasteiger partial charge in [0.1, 0.15) is 0 Å². The van der Waals surface area contributed by atoms with E-state index in [-0.39, 0.29) is 0 Å². The third-order valence-corrected chi connectivity index (χ3v) is 3.59. The van der Waals surface area contributed by atoms with E-state index in [2.05, 4.69) is 5.32 Å². The van der Waals surface area contributed by atoms with E-state index in [1.165, 1.54) is 38.5 Å². The van der Waals surface area contributed by atoms with Crippen molar-refractivity contribution in [3.8, 4) is 0 Å². The zero-order chi connectivity index (χ0) is 10.5. The molecule has 0 bridgehead atoms. The molecule has 0 aromatic rings. The van der Waals surface area contributed by atoms with Gasteiger partial charge in [0.25, 0.3) is 0 Å². The molecule has 3 unspecified atom stereocenters. The molecule has 1 saturated heterocycles. The van der Waals surface area contributed by atoms with Crippen molar-refractivity contribution < 1.29 is 9.47 Å². The SMILES string of the molecule is CNC1CCCC1OCC1CCCCO1. The van der Waals surface area contributed by atoms with Crippen molar-refractivity contribution >= 4 is 0 Å². The molecule has 2 fully saturated rings. The van der Waals surface area contributed by atoms with E-state index in [1.54, 1.807) is 0 Å². The van der Waals surface area contributed by atoms with E-state index >= 15 is 0 Å². The first-order valence-electron chi connectivity index (χ1n) is 6.30. The second-order valence-electron chi connectivity index (χ2n) is 4.69. The maximum absolute atomic E-state index is 5.96. The van der Waals surface area contributed by atoms with E-state index in [0.717, 1.165) is 13.2 Å². The molecule has 0 aromatic carbocycles. The minimum absolute atomic E-state index is 0.358. The second kappa shape index (κ2) is 5.83. The summed E-state index contributed by atoms with van der Waals surface area (Å²) in [7, 11) is 2.03. The molecule has 1 saturated carbocycles. The molecule has 1 N–H and O–H groups in total. The third kappa shape index (κ3) is 3.16. The molecule has 15 heavy (non-hydrogen) atoms. The van der Waals surface area contributed by atoms with Crippen LogP contribution < -0.4 is 5.32 Å². The van der Waals surface area contributed by atoms with E-state index in [9.17, 15) is 0 Å². The van der Waals surface area contributed by atoms with Crippen molar-refractivity contribution in [3.63, 3.8) is 0 Å². The fourth-order valence-electron chi connectivity index (χ4n) is 2.63. The smallest absolute Gasteiger partial charge is 0.0808 e. The molecule has 0 radical (unpaired) electrons. The number of ether oxygens (including phenoxy) is 2. The van der Waals surface area contributed by atoms with E-state index < -0.39 is 0 Å². The van der Waals surface area contributed by atoms with Gasteiger partial charge in [-0.15, -0.1) is 0 Å². The van der Waals surface area contributed by atoms with Gasteiger partial charge in [-0.3, -0.25) is 0 Å². The number of hydrogen-bond donors (Lipinski definition) is 1. The molecule has 3 nitrogen and oxygen atoms in total. The molecular weight excluding hydrogens is 190 g/mol. The van der Waals surface area contributed by atoms with Gasteiger partial charge in [0.2, 0.25) is 0 Å². The Balaban J connectivity index is 1.67. The highest BCUT2D eigenvalue weighted by atomic mass is 16.5. The number of hydrogen-bond acceptors (Lipinski definition) is 3. The Bertz CT molecular complexity index is 180. The summed E-state index contributed by atoms with van der Waals surface area (Å²) in [6.07, 6.45) is 8.23. The van der Waals surface area contributed by atoms with Crippen molar-refractivity contribution in [3.05, 3.63) is 0 Å². The maximum Gasteiger partial charge on any atom is 0.0808 e. The van der Waals surface area contributed by atoms with Crippen molar-refractivity contribution in [1.29, 1.82) is 0 Å². The Kier molecular flexibility index (Phi) is 4.42. The largest absolute Gasteiger partial charge is 0.376 e. The molecule has 2 rings (SSSR count). The molecule has 3 heteroatoms. The Morgan fingerprint density at radius 1 is 1.20 bits per heavy atom. The van der Waals surface area contributed by atoms with Crippen LogP contribution in [0.2, 0.25) is 0 Å². The molecule has 88 valence electrons. The van der Waals surface area contributed by atoms with Gasteiger partial charge in [0.05, 0.1) is 18.8 Å². The van der Waals surface area contributed by atoms with E-state index in [1.807, 2.05) is 7.05 Å². The first-order valence-corrected chi connectivity index (χ1v) is 6.30. The van der Waals surface area contributed by atoms with Crippen molar-refractivity contribution in [2.24, 2.45) is 0 Å². The van der Waals surface area contributed by atoms with E-state index in [4.69, 9.17) is 9.47 Å². The summed E-state index contributed by atoms with van der Waals surface area (Å²) in [4.78, 5) is 0. The van der Waals surface area contributed by atoms with Crippen molar-refractivity contribution in [2.45, 2.75) is 56.8 Å². The highest BCUT2D eigenvalue weighted by molar-refractivity contribution is 4.83. The Labute approximate surface area is 92.5 Å². The highest BCUT2D eigenvalue weighted by Crippen LogP contribution is 2.23. The zero-order valence-corrected chi connectivity index (χ0v) is 9.71. The summed E-state index contributed by atoms with van der Waals surface area (Å²) in [5, 5.41) is 3.34. The van der Waals surface area contributed by atoms with Crippen LogP contribution in [-0.4, -0.2) is 38.5 Å². The Morgan fingerprint density at radius 3 is 2.87 bits per heavy atom. The van der Waals surface area contributed by atoms with Gasteiger partial charge in [-0.25, -0.2) is 0 Å². The second-order valence-corrected chi connectivity index (χ2v) is 4.69. The lowest BCUT2D eigenvalue weighted by atomic mass is 10.1. The highest BCUT2D eigenvalue weighted by Gasteiger charge is 2.27. The number of rotatable bonds is 4. The average molecular weight is 213 g/mol. The van der Waals surface area contributed by atoms with Gasteiger partial charge in [0, 0.05) is 12.6 Å². The summed E-state index contributed by atoms with van der Waals surface area (Å²) < 4.78 is 11.6. The Morgan fingerprint density at radius 2 is 2.13 bits per heavy atom. The zero-order valence-electron chi connectivity index (χ0n) is 9.71. The summed E-state index contributed by atoms with van der Waals surface area (Å²) >= 11 is 0. The molecule has 0 spiro atoms. The minimum Gasteiger partial charge on any atom is -0.376 e. The van der Waals surface area contributed by atoms with Gasteiger partial charge < -0.3 is 14.8 Å². The van der Waals surface area contributed by atoms with Gasteiger partial charge in [-0.2, -0.15) is 0 Å². The van der Waals surface area contributed by atoms with Crippen LogP contribution in [0, 0.1) is 0 Å². The van der Waals surface area contributed by atoms with Crippen LogP contribution in [-0.2, 0) is 9.47 Å². The quantitative estimate of drug-likeness (QED) is 0.771. The monoisotopic (exact) mass is 213 g/mol. The molecule has 0 amide bonds. The van der Waals surface area contributed by atoms with Crippen LogP contribution in [0.25, 0.3) is 0 Å². The van der Waals surface area contributed by atoms with Crippen molar-refractivity contribution in [2.75, 3.05) is 20.3 Å². The third-order valence-electron chi connectivity index (χ3n) is 3.59. The lowest BCUT2D eigenvalue weighted by molar-refractivity contribution is -0.0658. The predicted molar refractivity (Wildman–Crippen MR) is 60.0 cm³/mol. The number of likely N-dealkylation sites (N-methyl/N-ethyl adjacent to an activating group) is 1. The molecule has 3 atom stereocenters. The fourth-order valence-corrected chi connectivity index (χ4v) is 2.63. The molecule has 2 aliphatic rings. The summed E-state index contributed by atoms with van der Waals surface area (Å²) in [5.74, 6) is 0. The molecular formula is C12H23NO2. The summed E-state index contributed by atoms with van der Waals surface area (Å²) in [6, 6.07) is 0.564. The summed E-state index contributed by atoms with van der Waals surface area (Å²) in [6.45, 7) is 1.72. The van der Waals surface area contributed by atoms with Crippen LogP contribution >= 0.6 is 0 Å². The Hall–Kier alpha value is -0.120. The van der Waals surface area contributed by atoms with Crippen LogP contribution in [0.3, 0.4) is 0 Å².